The number of hydrogen-bond donors (Lipinski definition) is 1. The molecule has 1 nitrogen and oxygen atoms in total. The number of hydrogen-bond acceptors (Lipinski definition) is 2. The van der Waals surface area contributed by atoms with Gasteiger partial charge in [0.25, 0.3) is 0 Å². The smallest absolute Gasteiger partial charge is 0.0388 e. The van der Waals surface area contributed by atoms with E-state index in [9.17, 15) is 0 Å². The van der Waals surface area contributed by atoms with E-state index < -0.39 is 0 Å². The average molecular weight is 271 g/mol. The first-order valence-corrected chi connectivity index (χ1v) is 7.92. The zero-order valence-corrected chi connectivity index (χ0v) is 12.5. The average Bonchev–Trinajstić information content (AvgIpc) is 3.19. The molecule has 1 unspecified atom stereocenters. The van der Waals surface area contributed by atoms with Crippen LogP contribution < -0.4 is 5.32 Å². The van der Waals surface area contributed by atoms with E-state index in [1.165, 1.54) is 33.7 Å². The van der Waals surface area contributed by atoms with Gasteiger partial charge in [-0.1, -0.05) is 24.3 Å². The summed E-state index contributed by atoms with van der Waals surface area (Å²) in [6, 6.07) is 13.9. The van der Waals surface area contributed by atoms with E-state index in [2.05, 4.69) is 55.6 Å². The van der Waals surface area contributed by atoms with Crippen LogP contribution in [0.3, 0.4) is 0 Å². The Morgan fingerprint density at radius 1 is 1.26 bits per heavy atom. The first kappa shape index (κ1) is 12.9. The molecule has 0 saturated heterocycles. The van der Waals surface area contributed by atoms with Gasteiger partial charge >= 0.3 is 0 Å². The van der Waals surface area contributed by atoms with Crippen LogP contribution >= 0.6 is 11.3 Å². The maximum Gasteiger partial charge on any atom is 0.0388 e. The summed E-state index contributed by atoms with van der Waals surface area (Å²) in [7, 11) is 0. The van der Waals surface area contributed by atoms with Gasteiger partial charge in [-0.2, -0.15) is 0 Å². The number of nitrogens with one attached hydrogen (secondary N) is 1. The van der Waals surface area contributed by atoms with Crippen molar-refractivity contribution in [3.8, 4) is 0 Å². The molecule has 1 aliphatic carbocycles. The summed E-state index contributed by atoms with van der Waals surface area (Å²) >= 11 is 1.89. The summed E-state index contributed by atoms with van der Waals surface area (Å²) in [6.07, 6.45) is 2.75. The fourth-order valence-corrected chi connectivity index (χ4v) is 3.34. The van der Waals surface area contributed by atoms with Crippen molar-refractivity contribution in [2.45, 2.75) is 45.2 Å². The molecule has 1 heterocycles. The minimum atomic E-state index is 0.434. The first-order valence-electron chi connectivity index (χ1n) is 7.11. The van der Waals surface area contributed by atoms with Gasteiger partial charge in [0.2, 0.25) is 0 Å². The second-order valence-corrected chi connectivity index (χ2v) is 6.89. The first-order chi connectivity index (χ1) is 9.22. The minimum Gasteiger partial charge on any atom is -0.305 e. The maximum absolute atomic E-state index is 3.63. The fraction of sp³-hybridized carbons (Fsp3) is 0.412. The minimum absolute atomic E-state index is 0.434. The molecule has 1 fully saturated rings. The number of benzene rings is 1. The van der Waals surface area contributed by atoms with E-state index >= 15 is 0 Å². The molecule has 0 amide bonds. The highest BCUT2D eigenvalue weighted by Gasteiger charge is 2.23. The van der Waals surface area contributed by atoms with Crippen molar-refractivity contribution in [1.29, 1.82) is 0 Å². The molecule has 1 saturated carbocycles. The highest BCUT2D eigenvalue weighted by Crippen LogP contribution is 2.40. The van der Waals surface area contributed by atoms with Crippen LogP contribution in [-0.4, -0.2) is 0 Å². The van der Waals surface area contributed by atoms with Crippen molar-refractivity contribution in [1.82, 2.24) is 5.32 Å². The van der Waals surface area contributed by atoms with Crippen LogP contribution in [0.15, 0.2) is 36.4 Å². The molecule has 2 heteroatoms. The lowest BCUT2D eigenvalue weighted by Crippen LogP contribution is -2.17. The van der Waals surface area contributed by atoms with Gasteiger partial charge in [-0.3, -0.25) is 0 Å². The topological polar surface area (TPSA) is 12.0 Å². The van der Waals surface area contributed by atoms with Gasteiger partial charge in [0.15, 0.2) is 0 Å². The van der Waals surface area contributed by atoms with Crippen LogP contribution in [0.25, 0.3) is 0 Å². The van der Waals surface area contributed by atoms with E-state index in [1.807, 2.05) is 11.3 Å². The van der Waals surface area contributed by atoms with Gasteiger partial charge in [-0.15, -0.1) is 11.3 Å². The molecule has 2 aromatic rings. The molecular weight excluding hydrogens is 250 g/mol. The van der Waals surface area contributed by atoms with Crippen LogP contribution in [0.5, 0.6) is 0 Å². The molecule has 19 heavy (non-hydrogen) atoms. The third-order valence-corrected chi connectivity index (χ3v) is 4.98. The van der Waals surface area contributed by atoms with Gasteiger partial charge in [0.1, 0.15) is 0 Å². The Hall–Kier alpha value is -1.12. The lowest BCUT2D eigenvalue weighted by Gasteiger charge is -2.12. The van der Waals surface area contributed by atoms with E-state index in [0.717, 1.165) is 12.5 Å². The van der Waals surface area contributed by atoms with Gasteiger partial charge in [0, 0.05) is 22.3 Å². The van der Waals surface area contributed by atoms with Crippen LogP contribution in [0.4, 0.5) is 0 Å². The van der Waals surface area contributed by atoms with Crippen molar-refractivity contribution < 1.29 is 0 Å². The molecule has 1 aromatic heterocycles. The Labute approximate surface area is 119 Å². The van der Waals surface area contributed by atoms with Crippen LogP contribution in [0.1, 0.15) is 52.6 Å². The van der Waals surface area contributed by atoms with E-state index in [1.54, 1.807) is 0 Å². The highest BCUT2D eigenvalue weighted by molar-refractivity contribution is 7.12. The molecule has 1 aliphatic rings. The molecule has 0 bridgehead atoms. The summed E-state index contributed by atoms with van der Waals surface area (Å²) in [5.74, 6) is 0.845. The standard InChI is InChI=1S/C17H21NS/c1-12-6-9-17(19-12)13(2)18-11-14-4-3-5-16(10-14)15-7-8-15/h3-6,9-10,13,15,18H,7-8,11H2,1-2H3. The van der Waals surface area contributed by atoms with E-state index in [4.69, 9.17) is 0 Å². The van der Waals surface area contributed by atoms with Gasteiger partial charge < -0.3 is 5.32 Å². The molecule has 1 aromatic carbocycles. The molecule has 3 rings (SSSR count). The van der Waals surface area contributed by atoms with Crippen molar-refractivity contribution >= 4 is 11.3 Å². The molecule has 1 N–H and O–H groups in total. The van der Waals surface area contributed by atoms with Crippen LogP contribution in [0.2, 0.25) is 0 Å². The summed E-state index contributed by atoms with van der Waals surface area (Å²) in [5, 5.41) is 3.63. The number of rotatable bonds is 5. The Balaban J connectivity index is 1.60. The predicted molar refractivity (Wildman–Crippen MR) is 82.7 cm³/mol. The Bertz CT molecular complexity index is 554. The molecule has 0 radical (unpaired) electrons. The predicted octanol–water partition coefficient (Wildman–Crippen LogP) is 4.78. The normalized spacial score (nSPS) is 16.5. The van der Waals surface area contributed by atoms with Crippen LogP contribution in [-0.2, 0) is 6.54 Å². The monoisotopic (exact) mass is 271 g/mol. The summed E-state index contributed by atoms with van der Waals surface area (Å²) < 4.78 is 0. The second-order valence-electron chi connectivity index (χ2n) is 5.57. The SMILES string of the molecule is Cc1ccc(C(C)NCc2cccc(C3CC3)c2)s1. The molecule has 100 valence electrons. The summed E-state index contributed by atoms with van der Waals surface area (Å²) in [6.45, 7) is 5.37. The van der Waals surface area contributed by atoms with Crippen molar-refractivity contribution in [3.63, 3.8) is 0 Å². The maximum atomic E-state index is 3.63. The number of thiophene rings is 1. The van der Waals surface area contributed by atoms with Crippen molar-refractivity contribution in [3.05, 3.63) is 57.3 Å². The fourth-order valence-electron chi connectivity index (χ4n) is 2.43. The molecule has 0 aliphatic heterocycles. The van der Waals surface area contributed by atoms with E-state index in [0.29, 0.717) is 6.04 Å². The quantitative estimate of drug-likeness (QED) is 0.825. The second kappa shape index (κ2) is 5.48. The summed E-state index contributed by atoms with van der Waals surface area (Å²) in [5.41, 5.74) is 2.93. The lowest BCUT2D eigenvalue weighted by atomic mass is 10.1. The Morgan fingerprint density at radius 3 is 2.79 bits per heavy atom. The lowest BCUT2D eigenvalue weighted by molar-refractivity contribution is 0.582. The van der Waals surface area contributed by atoms with Gasteiger partial charge in [-0.25, -0.2) is 0 Å². The Morgan fingerprint density at radius 2 is 2.11 bits per heavy atom. The van der Waals surface area contributed by atoms with E-state index in [-0.39, 0.29) is 0 Å². The third-order valence-electron chi connectivity index (χ3n) is 3.80. The third kappa shape index (κ3) is 3.26. The molecular formula is C17H21NS. The van der Waals surface area contributed by atoms with Crippen molar-refractivity contribution in [2.75, 3.05) is 0 Å². The largest absolute Gasteiger partial charge is 0.305 e. The van der Waals surface area contributed by atoms with Gasteiger partial charge in [-0.05, 0) is 55.9 Å². The zero-order valence-electron chi connectivity index (χ0n) is 11.6. The zero-order chi connectivity index (χ0) is 13.2. The highest BCUT2D eigenvalue weighted by atomic mass is 32.1. The molecule has 1 atom stereocenters. The summed E-state index contributed by atoms with van der Waals surface area (Å²) in [4.78, 5) is 2.82. The Kier molecular flexibility index (Phi) is 3.72. The molecule has 0 spiro atoms. The van der Waals surface area contributed by atoms with Gasteiger partial charge in [0.05, 0.1) is 0 Å². The number of aryl methyl sites for hydroxylation is 1. The van der Waals surface area contributed by atoms with Crippen molar-refractivity contribution in [2.24, 2.45) is 0 Å². The van der Waals surface area contributed by atoms with Crippen LogP contribution in [0, 0.1) is 6.92 Å².